The third kappa shape index (κ3) is 4.57. The van der Waals surface area contributed by atoms with E-state index >= 15 is 0 Å². The summed E-state index contributed by atoms with van der Waals surface area (Å²) in [5, 5.41) is 13.2. The highest BCUT2D eigenvalue weighted by atomic mass is 32.2. The number of anilines is 1. The van der Waals surface area contributed by atoms with Crippen molar-refractivity contribution >= 4 is 34.8 Å². The van der Waals surface area contributed by atoms with Crippen LogP contribution in [0.1, 0.15) is 12.8 Å². The summed E-state index contributed by atoms with van der Waals surface area (Å²) < 4.78 is 24.4. The minimum absolute atomic E-state index is 0.340. The summed E-state index contributed by atoms with van der Waals surface area (Å²) in [6.45, 7) is 1.35. The van der Waals surface area contributed by atoms with Gasteiger partial charge in [-0.2, -0.15) is 8.78 Å². The number of hydrogen-bond acceptors (Lipinski definition) is 3. The monoisotopic (exact) mass is 318 g/mol. The maximum atomic E-state index is 12.2. The van der Waals surface area contributed by atoms with Crippen LogP contribution in [-0.2, 0) is 0 Å². The van der Waals surface area contributed by atoms with E-state index in [0.29, 0.717) is 28.3 Å². The number of aliphatic hydroxyl groups is 1. The van der Waals surface area contributed by atoms with E-state index in [1.807, 2.05) is 4.90 Å². The number of alkyl halides is 2. The van der Waals surface area contributed by atoms with Crippen molar-refractivity contribution in [1.82, 2.24) is 4.90 Å². The zero-order chi connectivity index (χ0) is 14.5. The van der Waals surface area contributed by atoms with Crippen LogP contribution in [0.15, 0.2) is 29.2 Å². The molecule has 1 aliphatic heterocycles. The highest BCUT2D eigenvalue weighted by molar-refractivity contribution is 7.99. The molecule has 0 bridgehead atoms. The van der Waals surface area contributed by atoms with E-state index in [-0.39, 0.29) is 6.10 Å². The first kappa shape index (κ1) is 15.5. The second-order valence-electron chi connectivity index (χ2n) is 4.58. The van der Waals surface area contributed by atoms with Crippen molar-refractivity contribution in [2.45, 2.75) is 29.6 Å². The van der Waals surface area contributed by atoms with Crippen LogP contribution < -0.4 is 5.32 Å². The number of thiocarbonyl (C=S) groups is 1. The Kier molecular flexibility index (Phi) is 5.56. The molecular weight excluding hydrogens is 302 g/mol. The average Bonchev–Trinajstić information content (AvgIpc) is 2.40. The number of hydrogen-bond donors (Lipinski definition) is 2. The summed E-state index contributed by atoms with van der Waals surface area (Å²) in [5.41, 5.74) is 0.758. The number of likely N-dealkylation sites (tertiary alicyclic amines) is 1. The molecule has 7 heteroatoms. The zero-order valence-electron chi connectivity index (χ0n) is 10.8. The number of benzene rings is 1. The largest absolute Gasteiger partial charge is 0.391 e. The number of thioether (sulfide) groups is 1. The zero-order valence-corrected chi connectivity index (χ0v) is 12.4. The third-order valence-electron chi connectivity index (χ3n) is 3.01. The minimum Gasteiger partial charge on any atom is -0.391 e. The van der Waals surface area contributed by atoms with Gasteiger partial charge in [0.1, 0.15) is 0 Å². The summed E-state index contributed by atoms with van der Waals surface area (Å²) in [6.07, 6.45) is 1.37. The Bertz CT molecular complexity index is 456. The Labute approximate surface area is 126 Å². The van der Waals surface area contributed by atoms with Crippen LogP contribution in [0.4, 0.5) is 14.5 Å². The Morgan fingerprint density at radius 3 is 2.70 bits per heavy atom. The van der Waals surface area contributed by atoms with Gasteiger partial charge in [0, 0.05) is 23.7 Å². The standard InChI is InChI=1S/C13H16F2N2OS2/c14-12(15)20-11-5-3-9(4-6-11)16-13(19)17-7-1-2-10(18)8-17/h3-6,10,12,18H,1-2,7-8H2,(H,16,19)/t10-/m0/s1. The molecule has 1 aromatic rings. The molecule has 0 amide bonds. The first-order chi connectivity index (χ1) is 9.54. The summed E-state index contributed by atoms with van der Waals surface area (Å²) in [7, 11) is 0. The lowest BCUT2D eigenvalue weighted by Gasteiger charge is -2.32. The van der Waals surface area contributed by atoms with E-state index in [9.17, 15) is 13.9 Å². The van der Waals surface area contributed by atoms with Gasteiger partial charge in [-0.05, 0) is 49.3 Å². The van der Waals surface area contributed by atoms with Crippen molar-refractivity contribution in [1.29, 1.82) is 0 Å². The van der Waals surface area contributed by atoms with E-state index in [0.717, 1.165) is 25.1 Å². The molecule has 0 unspecified atom stereocenters. The predicted molar refractivity (Wildman–Crippen MR) is 81.3 cm³/mol. The fourth-order valence-electron chi connectivity index (χ4n) is 2.06. The van der Waals surface area contributed by atoms with E-state index in [2.05, 4.69) is 5.32 Å². The Morgan fingerprint density at radius 2 is 2.10 bits per heavy atom. The molecule has 1 aliphatic rings. The van der Waals surface area contributed by atoms with Gasteiger partial charge in [-0.3, -0.25) is 0 Å². The molecule has 1 fully saturated rings. The van der Waals surface area contributed by atoms with Crippen molar-refractivity contribution < 1.29 is 13.9 Å². The first-order valence-corrected chi connectivity index (χ1v) is 7.62. The highest BCUT2D eigenvalue weighted by Crippen LogP contribution is 2.26. The van der Waals surface area contributed by atoms with E-state index in [1.54, 1.807) is 24.3 Å². The maximum Gasteiger partial charge on any atom is 0.288 e. The van der Waals surface area contributed by atoms with Gasteiger partial charge in [0.15, 0.2) is 5.11 Å². The number of nitrogens with zero attached hydrogens (tertiary/aromatic N) is 1. The number of nitrogens with one attached hydrogen (secondary N) is 1. The lowest BCUT2D eigenvalue weighted by Crippen LogP contribution is -2.44. The normalized spacial score (nSPS) is 19.2. The van der Waals surface area contributed by atoms with E-state index in [4.69, 9.17) is 12.2 Å². The van der Waals surface area contributed by atoms with E-state index < -0.39 is 5.76 Å². The average molecular weight is 318 g/mol. The molecule has 1 aromatic carbocycles. The second-order valence-corrected chi connectivity index (χ2v) is 6.03. The molecule has 3 nitrogen and oxygen atoms in total. The first-order valence-electron chi connectivity index (χ1n) is 6.33. The van der Waals surface area contributed by atoms with Crippen LogP contribution in [0.2, 0.25) is 0 Å². The summed E-state index contributed by atoms with van der Waals surface area (Å²) in [6, 6.07) is 6.70. The number of β-amino-alcohol motifs (C(OH)–C–C–N with tert-alkyl or cyclic N) is 1. The maximum absolute atomic E-state index is 12.2. The molecule has 1 saturated heterocycles. The van der Waals surface area contributed by atoms with Gasteiger partial charge in [-0.15, -0.1) is 0 Å². The molecular formula is C13H16F2N2OS2. The highest BCUT2D eigenvalue weighted by Gasteiger charge is 2.19. The van der Waals surface area contributed by atoms with Crippen molar-refractivity contribution in [2.24, 2.45) is 0 Å². The third-order valence-corrected chi connectivity index (χ3v) is 4.10. The van der Waals surface area contributed by atoms with Crippen LogP contribution >= 0.6 is 24.0 Å². The topological polar surface area (TPSA) is 35.5 Å². The molecule has 20 heavy (non-hydrogen) atoms. The van der Waals surface area contributed by atoms with Crippen molar-refractivity contribution in [3.63, 3.8) is 0 Å². The van der Waals surface area contributed by atoms with Crippen molar-refractivity contribution in [3.8, 4) is 0 Å². The molecule has 1 heterocycles. The van der Waals surface area contributed by atoms with Crippen LogP contribution in [0, 0.1) is 0 Å². The van der Waals surface area contributed by atoms with Crippen molar-refractivity contribution in [3.05, 3.63) is 24.3 Å². The smallest absolute Gasteiger partial charge is 0.288 e. The second kappa shape index (κ2) is 7.19. The molecule has 110 valence electrons. The predicted octanol–water partition coefficient (Wildman–Crippen LogP) is 3.15. The van der Waals surface area contributed by atoms with Gasteiger partial charge < -0.3 is 15.3 Å². The fourth-order valence-corrected chi connectivity index (χ4v) is 2.84. The molecule has 0 spiro atoms. The van der Waals surface area contributed by atoms with Crippen LogP contribution in [0.3, 0.4) is 0 Å². The number of halogens is 2. The molecule has 2 N–H and O–H groups in total. The number of aliphatic hydroxyl groups excluding tert-OH is 1. The van der Waals surface area contributed by atoms with Crippen LogP contribution in [0.5, 0.6) is 0 Å². The van der Waals surface area contributed by atoms with Gasteiger partial charge in [-0.25, -0.2) is 0 Å². The lowest BCUT2D eigenvalue weighted by molar-refractivity contribution is 0.104. The Hall–Kier alpha value is -0.920. The van der Waals surface area contributed by atoms with Gasteiger partial charge in [0.25, 0.3) is 5.76 Å². The molecule has 2 rings (SSSR count). The fraction of sp³-hybridized carbons (Fsp3) is 0.462. The minimum atomic E-state index is -2.41. The summed E-state index contributed by atoms with van der Waals surface area (Å²) in [4.78, 5) is 2.44. The van der Waals surface area contributed by atoms with Gasteiger partial charge >= 0.3 is 0 Å². The lowest BCUT2D eigenvalue weighted by atomic mass is 10.1. The van der Waals surface area contributed by atoms with Gasteiger partial charge in [0.2, 0.25) is 0 Å². The Balaban J connectivity index is 1.90. The molecule has 0 aromatic heterocycles. The molecule has 0 saturated carbocycles. The van der Waals surface area contributed by atoms with Crippen LogP contribution in [-0.4, -0.2) is 40.1 Å². The molecule has 0 radical (unpaired) electrons. The van der Waals surface area contributed by atoms with Crippen molar-refractivity contribution in [2.75, 3.05) is 18.4 Å². The van der Waals surface area contributed by atoms with Gasteiger partial charge in [-0.1, -0.05) is 11.8 Å². The number of piperidine rings is 1. The van der Waals surface area contributed by atoms with Gasteiger partial charge in [0.05, 0.1) is 6.10 Å². The van der Waals surface area contributed by atoms with Crippen LogP contribution in [0.25, 0.3) is 0 Å². The summed E-state index contributed by atoms with van der Waals surface area (Å²) >= 11 is 5.81. The molecule has 1 atom stereocenters. The summed E-state index contributed by atoms with van der Waals surface area (Å²) in [5.74, 6) is -2.41. The quantitative estimate of drug-likeness (QED) is 0.661. The Morgan fingerprint density at radius 1 is 1.40 bits per heavy atom. The molecule has 0 aliphatic carbocycles. The van der Waals surface area contributed by atoms with E-state index in [1.165, 1.54) is 0 Å². The number of rotatable bonds is 3. The SMILES string of the molecule is O[C@H]1CCCN(C(=S)Nc2ccc(SC(F)F)cc2)C1.